The van der Waals surface area contributed by atoms with E-state index < -0.39 is 10.9 Å². The van der Waals surface area contributed by atoms with Gasteiger partial charge in [-0.1, -0.05) is 12.1 Å². The lowest BCUT2D eigenvalue weighted by atomic mass is 9.85. The van der Waals surface area contributed by atoms with Gasteiger partial charge in [0.05, 0.1) is 17.9 Å². The lowest BCUT2D eigenvalue weighted by molar-refractivity contribution is -0.384. The number of carboxylic acid groups (broad SMARTS) is 1. The second-order valence-corrected chi connectivity index (χ2v) is 7.26. The van der Waals surface area contributed by atoms with Crippen molar-refractivity contribution >= 4 is 17.6 Å². The van der Waals surface area contributed by atoms with Gasteiger partial charge in [-0.2, -0.15) is 0 Å². The second-order valence-electron chi connectivity index (χ2n) is 7.26. The molecule has 2 saturated carbocycles. The zero-order valence-electron chi connectivity index (χ0n) is 14.5. The Kier molecular flexibility index (Phi) is 5.51. The molecule has 1 aromatic carbocycles. The van der Waals surface area contributed by atoms with Gasteiger partial charge < -0.3 is 10.4 Å². The number of nitrogens with one attached hydrogen (secondary N) is 1. The van der Waals surface area contributed by atoms with E-state index in [1.165, 1.54) is 25.0 Å². The van der Waals surface area contributed by atoms with Crippen molar-refractivity contribution in [1.82, 2.24) is 10.2 Å². The monoisotopic (exact) mass is 361 g/mol. The highest BCUT2D eigenvalue weighted by Gasteiger charge is 2.37. The predicted molar refractivity (Wildman–Crippen MR) is 93.7 cm³/mol. The molecule has 3 rings (SSSR count). The number of nitrogens with zero attached hydrogens (tertiary/aromatic N) is 2. The third-order valence-corrected chi connectivity index (χ3v) is 5.01. The van der Waals surface area contributed by atoms with Crippen molar-refractivity contribution in [3.05, 3.63) is 39.9 Å². The van der Waals surface area contributed by atoms with E-state index in [9.17, 15) is 19.7 Å². The smallest absolute Gasteiger partial charge is 0.317 e. The maximum absolute atomic E-state index is 12.2. The van der Waals surface area contributed by atoms with E-state index in [2.05, 4.69) is 5.32 Å². The number of rotatable bonds is 9. The fourth-order valence-electron chi connectivity index (χ4n) is 3.40. The number of carboxylic acids is 1. The van der Waals surface area contributed by atoms with Crippen LogP contribution >= 0.6 is 0 Å². The molecule has 0 heterocycles. The second kappa shape index (κ2) is 7.82. The Balaban J connectivity index is 1.45. The summed E-state index contributed by atoms with van der Waals surface area (Å²) < 4.78 is 0. The van der Waals surface area contributed by atoms with Gasteiger partial charge in [-0.3, -0.25) is 24.6 Å². The van der Waals surface area contributed by atoms with Crippen molar-refractivity contribution in [3.8, 4) is 0 Å². The van der Waals surface area contributed by atoms with Gasteiger partial charge in [-0.15, -0.1) is 0 Å². The summed E-state index contributed by atoms with van der Waals surface area (Å²) in [6, 6.07) is 6.32. The molecule has 0 saturated heterocycles. The molecule has 2 fully saturated rings. The van der Waals surface area contributed by atoms with E-state index in [0.717, 1.165) is 19.4 Å². The SMILES string of the molecule is O=C(O)CN(CC1CC1)C1CC(NC(=O)Cc2cccc([N+](=O)[O-])c2)C1. The molecule has 0 spiro atoms. The Labute approximate surface area is 151 Å². The maximum Gasteiger partial charge on any atom is 0.317 e. The molecule has 8 nitrogen and oxygen atoms in total. The van der Waals surface area contributed by atoms with Crippen LogP contribution in [-0.2, 0) is 16.0 Å². The van der Waals surface area contributed by atoms with E-state index in [4.69, 9.17) is 5.11 Å². The van der Waals surface area contributed by atoms with Gasteiger partial charge in [0.25, 0.3) is 5.69 Å². The third-order valence-electron chi connectivity index (χ3n) is 5.01. The zero-order chi connectivity index (χ0) is 18.7. The number of amides is 1. The molecule has 0 aliphatic heterocycles. The first-order valence-corrected chi connectivity index (χ1v) is 8.89. The molecule has 2 aliphatic carbocycles. The van der Waals surface area contributed by atoms with E-state index >= 15 is 0 Å². The van der Waals surface area contributed by atoms with Crippen LogP contribution in [0.15, 0.2) is 24.3 Å². The lowest BCUT2D eigenvalue weighted by Gasteiger charge is -2.42. The first kappa shape index (κ1) is 18.3. The molecule has 26 heavy (non-hydrogen) atoms. The van der Waals surface area contributed by atoms with Crippen LogP contribution in [0.5, 0.6) is 0 Å². The molecule has 1 amide bonds. The molecular formula is C18H23N3O5. The number of non-ortho nitro benzene ring substituents is 1. The largest absolute Gasteiger partial charge is 0.480 e. The van der Waals surface area contributed by atoms with Gasteiger partial charge in [-0.05, 0) is 37.2 Å². The van der Waals surface area contributed by atoms with E-state index in [1.807, 2.05) is 4.90 Å². The summed E-state index contributed by atoms with van der Waals surface area (Å²) in [5, 5.41) is 22.8. The van der Waals surface area contributed by atoms with Gasteiger partial charge in [0.15, 0.2) is 0 Å². The van der Waals surface area contributed by atoms with Crippen LogP contribution in [0.2, 0.25) is 0 Å². The van der Waals surface area contributed by atoms with Crippen LogP contribution < -0.4 is 5.32 Å². The zero-order valence-corrected chi connectivity index (χ0v) is 14.5. The van der Waals surface area contributed by atoms with Crippen molar-refractivity contribution in [3.63, 3.8) is 0 Å². The third kappa shape index (κ3) is 5.01. The fraction of sp³-hybridized carbons (Fsp3) is 0.556. The number of hydrogen-bond acceptors (Lipinski definition) is 5. The van der Waals surface area contributed by atoms with Gasteiger partial charge >= 0.3 is 5.97 Å². The van der Waals surface area contributed by atoms with Crippen LogP contribution in [0.1, 0.15) is 31.2 Å². The highest BCUT2D eigenvalue weighted by Crippen LogP contribution is 2.33. The van der Waals surface area contributed by atoms with Crippen molar-refractivity contribution in [1.29, 1.82) is 0 Å². The van der Waals surface area contributed by atoms with Crippen molar-refractivity contribution in [2.24, 2.45) is 5.92 Å². The molecule has 0 atom stereocenters. The average molecular weight is 361 g/mol. The number of carbonyl (C=O) groups is 2. The minimum Gasteiger partial charge on any atom is -0.480 e. The quantitative estimate of drug-likeness (QED) is 0.510. The molecule has 1 aromatic rings. The van der Waals surface area contributed by atoms with Gasteiger partial charge in [0.1, 0.15) is 0 Å². The minimum absolute atomic E-state index is 0.0246. The molecular weight excluding hydrogens is 338 g/mol. The molecule has 140 valence electrons. The molecule has 0 unspecified atom stereocenters. The van der Waals surface area contributed by atoms with Gasteiger partial charge in [0, 0.05) is 30.8 Å². The van der Waals surface area contributed by atoms with Crippen LogP contribution in [0.3, 0.4) is 0 Å². The molecule has 0 aromatic heterocycles. The van der Waals surface area contributed by atoms with Crippen LogP contribution in [-0.4, -0.2) is 52.0 Å². The summed E-state index contributed by atoms with van der Waals surface area (Å²) in [6.45, 7) is 0.876. The van der Waals surface area contributed by atoms with Crippen LogP contribution in [0.4, 0.5) is 5.69 Å². The van der Waals surface area contributed by atoms with E-state index in [1.54, 1.807) is 12.1 Å². The summed E-state index contributed by atoms with van der Waals surface area (Å²) >= 11 is 0. The van der Waals surface area contributed by atoms with E-state index in [-0.39, 0.29) is 36.6 Å². The van der Waals surface area contributed by atoms with E-state index in [0.29, 0.717) is 11.5 Å². The van der Waals surface area contributed by atoms with Gasteiger partial charge in [0.2, 0.25) is 5.91 Å². The van der Waals surface area contributed by atoms with Crippen LogP contribution in [0, 0.1) is 16.0 Å². The van der Waals surface area contributed by atoms with Gasteiger partial charge in [-0.25, -0.2) is 0 Å². The van der Waals surface area contributed by atoms with Crippen LogP contribution in [0.25, 0.3) is 0 Å². The minimum atomic E-state index is -0.816. The maximum atomic E-state index is 12.2. The Morgan fingerprint density at radius 3 is 2.65 bits per heavy atom. The Morgan fingerprint density at radius 2 is 2.04 bits per heavy atom. The number of aliphatic carboxylic acids is 1. The van der Waals surface area contributed by atoms with Crippen molar-refractivity contribution < 1.29 is 19.6 Å². The lowest BCUT2D eigenvalue weighted by Crippen LogP contribution is -2.55. The molecule has 0 radical (unpaired) electrons. The number of carbonyl (C=O) groups excluding carboxylic acids is 1. The standard InChI is InChI=1S/C18H23N3O5/c22-17(7-13-2-1-3-15(6-13)21(25)26)19-14-8-16(9-14)20(11-18(23)24)10-12-4-5-12/h1-3,6,12,14,16H,4-5,7-11H2,(H,19,22)(H,23,24). The van der Waals surface area contributed by atoms with Crippen molar-refractivity contribution in [2.75, 3.05) is 13.1 Å². The Hall–Kier alpha value is -2.48. The molecule has 2 N–H and O–H groups in total. The summed E-state index contributed by atoms with van der Waals surface area (Å²) in [5.74, 6) is -0.360. The molecule has 2 aliphatic rings. The number of benzene rings is 1. The fourth-order valence-corrected chi connectivity index (χ4v) is 3.40. The summed E-state index contributed by atoms with van der Waals surface area (Å²) in [6.07, 6.45) is 3.95. The molecule has 0 bridgehead atoms. The summed E-state index contributed by atoms with van der Waals surface area (Å²) in [7, 11) is 0. The average Bonchev–Trinajstić information content (AvgIpc) is 3.33. The first-order valence-electron chi connectivity index (χ1n) is 8.89. The number of nitro groups is 1. The summed E-state index contributed by atoms with van der Waals surface area (Å²) in [5.41, 5.74) is 0.581. The Bertz CT molecular complexity index is 698. The number of hydrogen-bond donors (Lipinski definition) is 2. The first-order chi connectivity index (χ1) is 12.4. The highest BCUT2D eigenvalue weighted by molar-refractivity contribution is 5.79. The molecule has 8 heteroatoms. The number of nitro benzene ring substituents is 1. The Morgan fingerprint density at radius 1 is 1.31 bits per heavy atom. The summed E-state index contributed by atoms with van der Waals surface area (Å²) in [4.78, 5) is 35.5. The topological polar surface area (TPSA) is 113 Å². The normalized spacial score (nSPS) is 21.9. The van der Waals surface area contributed by atoms with Crippen molar-refractivity contribution in [2.45, 2.75) is 44.2 Å². The highest BCUT2D eigenvalue weighted by atomic mass is 16.6. The predicted octanol–water partition coefficient (Wildman–Crippen LogP) is 1.58.